The van der Waals surface area contributed by atoms with Crippen LogP contribution in [0, 0.1) is 6.92 Å². The molecule has 2 rings (SSSR count). The smallest absolute Gasteiger partial charge is 0.422 e. The van der Waals surface area contributed by atoms with E-state index in [1.807, 2.05) is 25.1 Å². The molecule has 0 atom stereocenters. The number of imide groups is 1. The van der Waals surface area contributed by atoms with Gasteiger partial charge in [-0.05, 0) is 51.5 Å². The van der Waals surface area contributed by atoms with Gasteiger partial charge in [0.15, 0.2) is 0 Å². The first-order valence-corrected chi connectivity index (χ1v) is 7.48. The van der Waals surface area contributed by atoms with Gasteiger partial charge in [-0.3, -0.25) is 4.79 Å². The first-order valence-electron chi connectivity index (χ1n) is 7.48. The fraction of sp³-hybridized carbons (Fsp3) is 0.263. The highest BCUT2D eigenvalue weighted by Gasteiger charge is 2.30. The fourth-order valence-corrected chi connectivity index (χ4v) is 2.12. The minimum Gasteiger partial charge on any atom is -0.443 e. The average molecular weight is 311 g/mol. The van der Waals surface area contributed by atoms with Crippen LogP contribution in [0.15, 0.2) is 54.6 Å². The molecule has 0 aliphatic rings. The van der Waals surface area contributed by atoms with E-state index in [2.05, 4.69) is 0 Å². The van der Waals surface area contributed by atoms with Crippen LogP contribution in [0.1, 0.15) is 36.7 Å². The van der Waals surface area contributed by atoms with Crippen LogP contribution in [0.25, 0.3) is 0 Å². The second-order valence-electron chi connectivity index (χ2n) is 6.27. The highest BCUT2D eigenvalue weighted by Crippen LogP contribution is 2.22. The topological polar surface area (TPSA) is 46.6 Å². The molecule has 0 saturated carbocycles. The Bertz CT molecular complexity index is 702. The number of anilines is 1. The highest BCUT2D eigenvalue weighted by molar-refractivity contribution is 6.19. The van der Waals surface area contributed by atoms with Gasteiger partial charge in [0.1, 0.15) is 5.60 Å². The number of carbonyl (C=O) groups excluding carboxylic acids is 2. The van der Waals surface area contributed by atoms with Crippen LogP contribution in [-0.2, 0) is 4.74 Å². The summed E-state index contributed by atoms with van der Waals surface area (Å²) in [4.78, 5) is 26.6. The quantitative estimate of drug-likeness (QED) is 0.815. The predicted molar refractivity (Wildman–Crippen MR) is 90.7 cm³/mol. The zero-order valence-corrected chi connectivity index (χ0v) is 13.9. The first kappa shape index (κ1) is 16.7. The molecule has 0 aromatic heterocycles. The number of hydrogen-bond donors (Lipinski definition) is 0. The molecule has 0 N–H and O–H groups in total. The van der Waals surface area contributed by atoms with E-state index < -0.39 is 17.6 Å². The van der Waals surface area contributed by atoms with Crippen LogP contribution in [0.2, 0.25) is 0 Å². The first-order chi connectivity index (χ1) is 10.8. The molecule has 0 fully saturated rings. The lowest BCUT2D eigenvalue weighted by atomic mass is 10.1. The van der Waals surface area contributed by atoms with Crippen molar-refractivity contribution in [3.63, 3.8) is 0 Å². The number of ether oxygens (including phenoxy) is 1. The molecule has 4 heteroatoms. The SMILES string of the molecule is Cc1ccccc1C(=O)N(C(=O)OC(C)(C)C)c1ccccc1. The molecule has 2 aromatic carbocycles. The summed E-state index contributed by atoms with van der Waals surface area (Å²) in [7, 11) is 0. The van der Waals surface area contributed by atoms with Gasteiger partial charge in [-0.25, -0.2) is 9.69 Å². The molecular formula is C19H21NO3. The maximum absolute atomic E-state index is 12.9. The monoisotopic (exact) mass is 311 g/mol. The van der Waals surface area contributed by atoms with Crippen LogP contribution in [-0.4, -0.2) is 17.6 Å². The van der Waals surface area contributed by atoms with Gasteiger partial charge < -0.3 is 4.74 Å². The summed E-state index contributed by atoms with van der Waals surface area (Å²) < 4.78 is 5.40. The molecule has 0 radical (unpaired) electrons. The summed E-state index contributed by atoms with van der Waals surface area (Å²) in [5.41, 5.74) is 1.08. The van der Waals surface area contributed by atoms with E-state index in [-0.39, 0.29) is 0 Å². The minimum absolute atomic E-state index is 0.399. The maximum atomic E-state index is 12.9. The van der Waals surface area contributed by atoms with E-state index in [9.17, 15) is 9.59 Å². The zero-order valence-electron chi connectivity index (χ0n) is 13.9. The molecule has 0 spiro atoms. The molecule has 0 saturated heterocycles. The molecule has 0 heterocycles. The number of para-hydroxylation sites is 1. The molecule has 0 unspecified atom stereocenters. The van der Waals surface area contributed by atoms with Crippen molar-refractivity contribution in [2.24, 2.45) is 0 Å². The third-order valence-electron chi connectivity index (χ3n) is 3.17. The van der Waals surface area contributed by atoms with Gasteiger partial charge in [0, 0.05) is 5.56 Å². The van der Waals surface area contributed by atoms with Crippen LogP contribution in [0.3, 0.4) is 0 Å². The van der Waals surface area contributed by atoms with Gasteiger partial charge in [0.2, 0.25) is 0 Å². The number of benzene rings is 2. The van der Waals surface area contributed by atoms with Crippen molar-refractivity contribution >= 4 is 17.7 Å². The zero-order chi connectivity index (χ0) is 17.0. The molecule has 0 bridgehead atoms. The Hall–Kier alpha value is -2.62. The Morgan fingerprint density at radius 1 is 0.913 bits per heavy atom. The standard InChI is InChI=1S/C19H21NO3/c1-14-10-8-9-13-16(14)17(21)20(15-11-6-5-7-12-15)18(22)23-19(2,3)4/h5-13H,1-4H3. The second kappa shape index (κ2) is 6.65. The number of aryl methyl sites for hydroxylation is 1. The van der Waals surface area contributed by atoms with Crippen LogP contribution < -0.4 is 4.90 Å². The molecule has 0 aliphatic heterocycles. The van der Waals surface area contributed by atoms with Crippen LogP contribution in [0.5, 0.6) is 0 Å². The Kier molecular flexibility index (Phi) is 4.84. The molecule has 2 amide bonds. The van der Waals surface area contributed by atoms with Crippen LogP contribution >= 0.6 is 0 Å². The number of hydrogen-bond acceptors (Lipinski definition) is 3. The van der Waals surface area contributed by atoms with Crippen molar-refractivity contribution in [1.82, 2.24) is 0 Å². The predicted octanol–water partition coefficient (Wildman–Crippen LogP) is 4.58. The lowest BCUT2D eigenvalue weighted by molar-refractivity contribution is 0.0564. The Morgan fingerprint density at radius 3 is 2.04 bits per heavy atom. The van der Waals surface area contributed by atoms with E-state index in [1.165, 1.54) is 0 Å². The maximum Gasteiger partial charge on any atom is 0.422 e. The summed E-state index contributed by atoms with van der Waals surface area (Å²) in [6, 6.07) is 16.0. The second-order valence-corrected chi connectivity index (χ2v) is 6.27. The molecule has 2 aromatic rings. The normalized spacial score (nSPS) is 11.0. The third kappa shape index (κ3) is 4.19. The largest absolute Gasteiger partial charge is 0.443 e. The van der Waals surface area contributed by atoms with E-state index in [0.29, 0.717) is 11.3 Å². The summed E-state index contributed by atoms with van der Waals surface area (Å²) in [5, 5.41) is 0. The summed E-state index contributed by atoms with van der Waals surface area (Å²) >= 11 is 0. The highest BCUT2D eigenvalue weighted by atomic mass is 16.6. The van der Waals surface area contributed by atoms with E-state index >= 15 is 0 Å². The molecule has 120 valence electrons. The number of carbonyl (C=O) groups is 2. The fourth-order valence-electron chi connectivity index (χ4n) is 2.12. The van der Waals surface area contributed by atoms with Crippen molar-refractivity contribution in [3.05, 3.63) is 65.7 Å². The lowest BCUT2D eigenvalue weighted by Crippen LogP contribution is -2.41. The van der Waals surface area contributed by atoms with Gasteiger partial charge in [0.05, 0.1) is 5.69 Å². The third-order valence-corrected chi connectivity index (χ3v) is 3.17. The van der Waals surface area contributed by atoms with Gasteiger partial charge in [-0.1, -0.05) is 36.4 Å². The van der Waals surface area contributed by atoms with Crippen LogP contribution in [0.4, 0.5) is 10.5 Å². The molecule has 23 heavy (non-hydrogen) atoms. The van der Waals surface area contributed by atoms with E-state index in [0.717, 1.165) is 10.5 Å². The van der Waals surface area contributed by atoms with E-state index in [4.69, 9.17) is 4.74 Å². The summed E-state index contributed by atoms with van der Waals surface area (Å²) in [5.74, 6) is -0.399. The Morgan fingerprint density at radius 2 is 1.48 bits per heavy atom. The lowest BCUT2D eigenvalue weighted by Gasteiger charge is -2.26. The van der Waals surface area contributed by atoms with Gasteiger partial charge in [0.25, 0.3) is 5.91 Å². The Balaban J connectivity index is 2.44. The van der Waals surface area contributed by atoms with Crippen molar-refractivity contribution in [2.45, 2.75) is 33.3 Å². The number of amides is 2. The summed E-state index contributed by atoms with van der Waals surface area (Å²) in [6.07, 6.45) is -0.683. The molecular weight excluding hydrogens is 290 g/mol. The number of nitrogens with zero attached hydrogens (tertiary/aromatic N) is 1. The molecule has 4 nitrogen and oxygen atoms in total. The van der Waals surface area contributed by atoms with Gasteiger partial charge in [-0.15, -0.1) is 0 Å². The molecule has 0 aliphatic carbocycles. The summed E-state index contributed by atoms with van der Waals surface area (Å²) in [6.45, 7) is 7.15. The van der Waals surface area contributed by atoms with Crippen molar-refractivity contribution in [1.29, 1.82) is 0 Å². The minimum atomic E-state index is -0.684. The van der Waals surface area contributed by atoms with Gasteiger partial charge >= 0.3 is 6.09 Å². The van der Waals surface area contributed by atoms with Crippen molar-refractivity contribution < 1.29 is 14.3 Å². The van der Waals surface area contributed by atoms with E-state index in [1.54, 1.807) is 57.2 Å². The van der Waals surface area contributed by atoms with Crippen molar-refractivity contribution in [3.8, 4) is 0 Å². The number of rotatable bonds is 2. The Labute approximate surface area is 136 Å². The van der Waals surface area contributed by atoms with Crippen molar-refractivity contribution in [2.75, 3.05) is 4.90 Å². The van der Waals surface area contributed by atoms with Gasteiger partial charge in [-0.2, -0.15) is 0 Å². The average Bonchev–Trinajstić information content (AvgIpc) is 2.47.